The summed E-state index contributed by atoms with van der Waals surface area (Å²) in [5.41, 5.74) is -3.00. The van der Waals surface area contributed by atoms with Gasteiger partial charge in [0.1, 0.15) is 11.1 Å². The van der Waals surface area contributed by atoms with Gasteiger partial charge in [0.15, 0.2) is 58.0 Å². The fourth-order valence-electron chi connectivity index (χ4n) is 3.93. The SMILES string of the molecule is NOc1ccc(Cc2c(F)c(F)c(F)c(F)c2F)cc1C(=O)O.NOc1ccc(Cc2c(F)c(F)c(F)c(F)c2F)cc1C(=O)O. The van der Waals surface area contributed by atoms with E-state index < -0.39 is 105 Å². The van der Waals surface area contributed by atoms with Crippen molar-refractivity contribution >= 4 is 11.9 Å². The van der Waals surface area contributed by atoms with Crippen LogP contribution in [0.4, 0.5) is 43.9 Å². The van der Waals surface area contributed by atoms with Crippen LogP contribution in [0.2, 0.25) is 0 Å². The third kappa shape index (κ3) is 6.97. The van der Waals surface area contributed by atoms with Gasteiger partial charge in [0.2, 0.25) is 11.6 Å². The molecule has 0 bridgehead atoms. The maximum atomic E-state index is 13.6. The van der Waals surface area contributed by atoms with E-state index in [9.17, 15) is 53.5 Å². The predicted octanol–water partition coefficient (Wildman–Crippen LogP) is 5.85. The smallest absolute Gasteiger partial charge is 0.339 e. The number of aromatic carboxylic acids is 2. The highest BCUT2D eigenvalue weighted by atomic mass is 19.2. The van der Waals surface area contributed by atoms with Crippen molar-refractivity contribution in [2.45, 2.75) is 12.8 Å². The fourth-order valence-corrected chi connectivity index (χ4v) is 3.93. The zero-order chi connectivity index (χ0) is 34.6. The minimum absolute atomic E-state index is 0.00796. The first-order valence-corrected chi connectivity index (χ1v) is 12.0. The molecule has 0 spiro atoms. The van der Waals surface area contributed by atoms with E-state index in [1.54, 1.807) is 0 Å². The molecule has 0 aliphatic carbocycles. The summed E-state index contributed by atoms with van der Waals surface area (Å²) < 4.78 is 133. The number of benzene rings is 4. The van der Waals surface area contributed by atoms with E-state index in [-0.39, 0.29) is 22.6 Å². The second-order valence-corrected chi connectivity index (χ2v) is 8.96. The molecule has 0 aliphatic heterocycles. The molecule has 4 aromatic rings. The van der Waals surface area contributed by atoms with Gasteiger partial charge in [0.05, 0.1) is 0 Å². The van der Waals surface area contributed by atoms with Gasteiger partial charge >= 0.3 is 11.9 Å². The molecule has 0 atom stereocenters. The summed E-state index contributed by atoms with van der Waals surface area (Å²) in [5, 5.41) is 17.9. The number of halogens is 10. The van der Waals surface area contributed by atoms with E-state index in [0.717, 1.165) is 24.3 Å². The van der Waals surface area contributed by atoms with Crippen LogP contribution in [-0.4, -0.2) is 22.2 Å². The van der Waals surface area contributed by atoms with Gasteiger partial charge in [-0.2, -0.15) is 11.8 Å². The Kier molecular flexibility index (Phi) is 10.8. The lowest BCUT2D eigenvalue weighted by molar-refractivity contribution is 0.0681. The lowest BCUT2D eigenvalue weighted by atomic mass is 10.0. The van der Waals surface area contributed by atoms with Crippen LogP contribution in [0, 0.1) is 58.2 Å². The average molecular weight is 666 g/mol. The number of hydrogen-bond acceptors (Lipinski definition) is 6. The molecule has 4 rings (SSSR count). The summed E-state index contributed by atoms with van der Waals surface area (Å²) in [6.45, 7) is 0. The number of carboxylic acid groups (broad SMARTS) is 2. The molecule has 8 nitrogen and oxygen atoms in total. The zero-order valence-electron chi connectivity index (χ0n) is 22.3. The van der Waals surface area contributed by atoms with Gasteiger partial charge in [-0.15, -0.1) is 0 Å². The molecule has 0 unspecified atom stereocenters. The van der Waals surface area contributed by atoms with E-state index in [1.165, 1.54) is 12.1 Å². The minimum Gasteiger partial charge on any atom is -0.478 e. The minimum atomic E-state index is -2.26. The highest BCUT2D eigenvalue weighted by Crippen LogP contribution is 2.29. The standard InChI is InChI=1S/2C14H8F5NO3/c2*15-9-7(10(16)12(18)13(19)11(9)17)4-5-1-2-8(23-20)6(3-5)14(21)22/h2*1-3H,4,20H2,(H,21,22). The van der Waals surface area contributed by atoms with Gasteiger partial charge in [0, 0.05) is 24.0 Å². The lowest BCUT2D eigenvalue weighted by Crippen LogP contribution is -2.10. The van der Waals surface area contributed by atoms with Gasteiger partial charge in [-0.05, 0) is 35.4 Å². The van der Waals surface area contributed by atoms with Crippen LogP contribution in [0.1, 0.15) is 43.0 Å². The van der Waals surface area contributed by atoms with Crippen LogP contribution >= 0.6 is 0 Å². The summed E-state index contributed by atoms with van der Waals surface area (Å²) in [5.74, 6) is -14.3. The average Bonchev–Trinajstić information content (AvgIpc) is 3.05. The first kappa shape index (κ1) is 35.1. The van der Waals surface area contributed by atoms with Crippen LogP contribution in [0.3, 0.4) is 0 Å². The lowest BCUT2D eigenvalue weighted by Gasteiger charge is -2.10. The molecule has 46 heavy (non-hydrogen) atoms. The normalized spacial score (nSPS) is 10.7. The summed E-state index contributed by atoms with van der Waals surface area (Å²) in [6.07, 6.45) is -1.42. The Morgan fingerprint density at radius 3 is 1.00 bits per heavy atom. The van der Waals surface area contributed by atoms with Crippen molar-refractivity contribution in [1.82, 2.24) is 0 Å². The predicted molar refractivity (Wildman–Crippen MR) is 135 cm³/mol. The maximum absolute atomic E-state index is 13.6. The highest BCUT2D eigenvalue weighted by molar-refractivity contribution is 5.91. The molecule has 0 radical (unpaired) electrons. The van der Waals surface area contributed by atoms with Gasteiger partial charge in [-0.1, -0.05) is 12.1 Å². The van der Waals surface area contributed by atoms with Crippen LogP contribution in [0.5, 0.6) is 11.5 Å². The van der Waals surface area contributed by atoms with Crippen LogP contribution < -0.4 is 21.5 Å². The number of carbonyl (C=O) groups is 2. The van der Waals surface area contributed by atoms with Crippen LogP contribution in [0.15, 0.2) is 36.4 Å². The van der Waals surface area contributed by atoms with Gasteiger partial charge in [-0.3, -0.25) is 0 Å². The van der Waals surface area contributed by atoms with Gasteiger partial charge in [0.25, 0.3) is 0 Å². The highest BCUT2D eigenvalue weighted by Gasteiger charge is 2.27. The molecular weight excluding hydrogens is 650 g/mol. The van der Waals surface area contributed by atoms with E-state index >= 15 is 0 Å². The third-order valence-corrected chi connectivity index (χ3v) is 6.17. The summed E-state index contributed by atoms with van der Waals surface area (Å²) >= 11 is 0. The zero-order valence-corrected chi connectivity index (χ0v) is 22.3. The largest absolute Gasteiger partial charge is 0.478 e. The molecule has 18 heteroatoms. The first-order chi connectivity index (χ1) is 21.5. The second-order valence-electron chi connectivity index (χ2n) is 8.96. The monoisotopic (exact) mass is 666 g/mol. The molecule has 0 fully saturated rings. The van der Waals surface area contributed by atoms with Crippen molar-refractivity contribution in [2.75, 3.05) is 0 Å². The van der Waals surface area contributed by atoms with Crippen molar-refractivity contribution in [1.29, 1.82) is 0 Å². The van der Waals surface area contributed by atoms with E-state index in [2.05, 4.69) is 9.68 Å². The van der Waals surface area contributed by atoms with Crippen molar-refractivity contribution in [3.63, 3.8) is 0 Å². The topological polar surface area (TPSA) is 145 Å². The Morgan fingerprint density at radius 1 is 0.500 bits per heavy atom. The molecule has 0 aliphatic rings. The van der Waals surface area contributed by atoms with E-state index in [1.807, 2.05) is 0 Å². The third-order valence-electron chi connectivity index (χ3n) is 6.17. The van der Waals surface area contributed by atoms with E-state index in [0.29, 0.717) is 0 Å². The number of nitrogens with two attached hydrogens (primary N) is 2. The molecule has 0 amide bonds. The maximum Gasteiger partial charge on any atom is 0.339 e. The Hall–Kier alpha value is -5.36. The molecule has 0 saturated heterocycles. The Morgan fingerprint density at radius 2 is 0.761 bits per heavy atom. The Labute approximate surface area is 249 Å². The van der Waals surface area contributed by atoms with Crippen molar-refractivity contribution in [3.05, 3.63) is 128 Å². The number of hydrogen-bond donors (Lipinski definition) is 4. The number of carboxylic acids is 2. The molecule has 0 saturated carbocycles. The molecule has 4 aromatic carbocycles. The second kappa shape index (κ2) is 14.2. The summed E-state index contributed by atoms with van der Waals surface area (Å²) in [6, 6.07) is 6.50. The summed E-state index contributed by atoms with van der Waals surface area (Å²) in [4.78, 5) is 30.7. The molecule has 6 N–H and O–H groups in total. The molecular formula is C28H16F10N2O6. The van der Waals surface area contributed by atoms with Crippen molar-refractivity contribution in [3.8, 4) is 11.5 Å². The molecule has 0 aromatic heterocycles. The van der Waals surface area contributed by atoms with E-state index in [4.69, 9.17) is 22.0 Å². The first-order valence-electron chi connectivity index (χ1n) is 12.0. The van der Waals surface area contributed by atoms with Crippen LogP contribution in [-0.2, 0) is 12.8 Å². The quantitative estimate of drug-likeness (QED) is 0.0794. The number of rotatable bonds is 8. The van der Waals surface area contributed by atoms with Crippen molar-refractivity contribution in [2.24, 2.45) is 11.8 Å². The fraction of sp³-hybridized carbons (Fsp3) is 0.0714. The van der Waals surface area contributed by atoms with Crippen molar-refractivity contribution < 1.29 is 73.4 Å². The van der Waals surface area contributed by atoms with Crippen LogP contribution in [0.25, 0.3) is 0 Å². The summed E-state index contributed by atoms with van der Waals surface area (Å²) in [7, 11) is 0. The molecule has 244 valence electrons. The molecule has 0 heterocycles. The Balaban J connectivity index is 0.000000250. The van der Waals surface area contributed by atoms with Gasteiger partial charge in [-0.25, -0.2) is 53.5 Å². The Bertz CT molecular complexity index is 1660. The van der Waals surface area contributed by atoms with Gasteiger partial charge < -0.3 is 19.9 Å².